The van der Waals surface area contributed by atoms with Gasteiger partial charge in [-0.2, -0.15) is 0 Å². The molecule has 13 heteroatoms. The van der Waals surface area contributed by atoms with Crippen LogP contribution >= 0.6 is 0 Å². The van der Waals surface area contributed by atoms with Crippen molar-refractivity contribution in [3.8, 4) is 0 Å². The van der Waals surface area contributed by atoms with Gasteiger partial charge in [0.2, 0.25) is 17.6 Å². The molecule has 4 aliphatic rings. The first-order valence-corrected chi connectivity index (χ1v) is 18.0. The third-order valence-electron chi connectivity index (χ3n) is 11.3. The first-order valence-electron chi connectivity index (χ1n) is 18.0. The molecule has 1 unspecified atom stereocenters. The molecule has 274 valence electrons. The van der Waals surface area contributed by atoms with Crippen LogP contribution in [0.1, 0.15) is 71.9 Å². The standard InChI is InChI=1S/C37H54N6O7/c1-8-39-35(49)50-19-26(36(2,3)4)41-34(48)42-28(23-16-21-11-9-10-12-22(21)17-23)33(47)43-18-24-27(37(24,5)6)29(43)31(45)40-25(15-20-13-14-20)30(44)32(46)38-7/h9-12,20,23-29H,8,13-19H2,1-7H3,(H,38,46)(H,39,49)(H,40,45)(H2,41,42,48)/t24-,25?,26+,27-,28-,29-/m0/s1. The lowest BCUT2D eigenvalue weighted by atomic mass is 9.87. The van der Waals surface area contributed by atoms with Crippen molar-refractivity contribution in [1.29, 1.82) is 0 Å². The maximum absolute atomic E-state index is 14.7. The molecule has 6 atom stereocenters. The molecular weight excluding hydrogens is 640 g/mol. The largest absolute Gasteiger partial charge is 0.447 e. The highest BCUT2D eigenvalue weighted by Gasteiger charge is 2.70. The number of carbonyl (C=O) groups excluding carboxylic acids is 6. The number of urea groups is 1. The second-order valence-corrected chi connectivity index (χ2v) is 16.2. The van der Waals surface area contributed by atoms with Crippen LogP contribution in [0.5, 0.6) is 0 Å². The average molecular weight is 695 g/mol. The van der Waals surface area contributed by atoms with Crippen LogP contribution in [0.4, 0.5) is 9.59 Å². The van der Waals surface area contributed by atoms with Crippen LogP contribution in [0.2, 0.25) is 0 Å². The van der Waals surface area contributed by atoms with E-state index in [0.717, 1.165) is 24.0 Å². The number of carbonyl (C=O) groups is 6. The van der Waals surface area contributed by atoms with E-state index < -0.39 is 59.3 Å². The number of rotatable bonds is 13. The van der Waals surface area contributed by atoms with E-state index in [1.165, 1.54) is 7.05 Å². The number of benzene rings is 1. The fourth-order valence-electron chi connectivity index (χ4n) is 7.86. The number of nitrogens with zero attached hydrogens (tertiary/aromatic N) is 1. The molecule has 1 aromatic rings. The summed E-state index contributed by atoms with van der Waals surface area (Å²) in [5, 5.41) is 13.7. The highest BCUT2D eigenvalue weighted by Crippen LogP contribution is 2.65. The van der Waals surface area contributed by atoms with Crippen molar-refractivity contribution in [2.75, 3.05) is 26.7 Å². The van der Waals surface area contributed by atoms with Crippen LogP contribution in [0.3, 0.4) is 0 Å². The number of amides is 6. The van der Waals surface area contributed by atoms with Gasteiger partial charge in [0.1, 0.15) is 18.7 Å². The van der Waals surface area contributed by atoms with E-state index in [9.17, 15) is 28.8 Å². The minimum absolute atomic E-state index is 0.0696. The Balaban J connectivity index is 1.38. The van der Waals surface area contributed by atoms with Gasteiger partial charge in [0.15, 0.2) is 0 Å². The SMILES string of the molecule is CCNC(=O)OC[C@@H](NC(=O)N[C@H](C(=O)N1C[C@H]2[C@@H]([C@H]1C(=O)NC(CC1CC1)C(=O)C(=O)NC)C2(C)C)C1Cc2ccccc2C1)C(C)(C)C. The highest BCUT2D eigenvalue weighted by molar-refractivity contribution is 6.38. The van der Waals surface area contributed by atoms with Gasteiger partial charge in [-0.05, 0) is 71.8 Å². The molecule has 1 aromatic carbocycles. The molecule has 2 saturated carbocycles. The van der Waals surface area contributed by atoms with Crippen LogP contribution in [0.15, 0.2) is 24.3 Å². The third kappa shape index (κ3) is 8.07. The summed E-state index contributed by atoms with van der Waals surface area (Å²) in [7, 11) is 1.38. The first-order chi connectivity index (χ1) is 23.6. The fraction of sp³-hybridized carbons (Fsp3) is 0.676. The number of ether oxygens (including phenoxy) is 1. The van der Waals surface area contributed by atoms with Crippen molar-refractivity contribution in [2.45, 2.75) is 97.8 Å². The fourth-order valence-corrected chi connectivity index (χ4v) is 7.86. The molecule has 50 heavy (non-hydrogen) atoms. The molecule has 3 fully saturated rings. The molecule has 5 N–H and O–H groups in total. The quantitative estimate of drug-likeness (QED) is 0.197. The zero-order chi connectivity index (χ0) is 36.5. The van der Waals surface area contributed by atoms with Gasteiger partial charge in [-0.1, -0.05) is 71.7 Å². The Morgan fingerprint density at radius 3 is 2.18 bits per heavy atom. The van der Waals surface area contributed by atoms with E-state index in [1.807, 2.05) is 45.0 Å². The lowest BCUT2D eigenvalue weighted by Crippen LogP contribution is -2.61. The lowest BCUT2D eigenvalue weighted by Gasteiger charge is -2.36. The van der Waals surface area contributed by atoms with Gasteiger partial charge in [-0.3, -0.25) is 19.2 Å². The van der Waals surface area contributed by atoms with Gasteiger partial charge >= 0.3 is 12.1 Å². The Morgan fingerprint density at radius 2 is 1.62 bits per heavy atom. The molecule has 13 nitrogen and oxygen atoms in total. The molecule has 0 spiro atoms. The van der Waals surface area contributed by atoms with Gasteiger partial charge in [0, 0.05) is 20.1 Å². The van der Waals surface area contributed by atoms with Crippen molar-refractivity contribution in [3.63, 3.8) is 0 Å². The summed E-state index contributed by atoms with van der Waals surface area (Å²) in [6.45, 7) is 12.4. The maximum Gasteiger partial charge on any atom is 0.407 e. The van der Waals surface area contributed by atoms with E-state index in [2.05, 4.69) is 40.4 Å². The zero-order valence-corrected chi connectivity index (χ0v) is 30.4. The van der Waals surface area contributed by atoms with Crippen LogP contribution in [0.25, 0.3) is 0 Å². The van der Waals surface area contributed by atoms with E-state index in [1.54, 1.807) is 11.8 Å². The molecule has 1 heterocycles. The molecular formula is C37H54N6O7. The Labute approximate surface area is 294 Å². The Morgan fingerprint density at radius 1 is 0.980 bits per heavy atom. The number of fused-ring (bicyclic) bond motifs is 2. The molecule has 3 aliphatic carbocycles. The van der Waals surface area contributed by atoms with E-state index in [4.69, 9.17) is 4.74 Å². The topological polar surface area (TPSA) is 175 Å². The van der Waals surface area contributed by atoms with Gasteiger partial charge in [-0.15, -0.1) is 0 Å². The van der Waals surface area contributed by atoms with Gasteiger partial charge in [0.25, 0.3) is 5.91 Å². The second-order valence-electron chi connectivity index (χ2n) is 16.2. The van der Waals surface area contributed by atoms with Crippen LogP contribution < -0.4 is 26.6 Å². The average Bonchev–Trinajstić information content (AvgIpc) is 3.81. The molecule has 1 aliphatic heterocycles. The Kier molecular flexibility index (Phi) is 10.8. The minimum atomic E-state index is -0.979. The van der Waals surface area contributed by atoms with E-state index >= 15 is 0 Å². The minimum Gasteiger partial charge on any atom is -0.447 e. The number of likely N-dealkylation sites (tertiary alicyclic amines) is 1. The number of piperidine rings is 1. The number of ketones is 1. The van der Waals surface area contributed by atoms with E-state index in [-0.39, 0.29) is 41.6 Å². The monoisotopic (exact) mass is 694 g/mol. The first kappa shape index (κ1) is 37.1. The Hall–Kier alpha value is -4.16. The smallest absolute Gasteiger partial charge is 0.407 e. The number of Topliss-reactive ketones (excluding diaryl/α,β-unsaturated/α-hetero) is 1. The molecule has 0 bridgehead atoms. The van der Waals surface area contributed by atoms with Gasteiger partial charge < -0.3 is 36.2 Å². The number of hydrogen-bond donors (Lipinski definition) is 5. The zero-order valence-electron chi connectivity index (χ0n) is 30.4. The van der Waals surface area contributed by atoms with E-state index in [0.29, 0.717) is 32.4 Å². The maximum atomic E-state index is 14.7. The van der Waals surface area contributed by atoms with Crippen LogP contribution in [-0.2, 0) is 36.8 Å². The van der Waals surface area contributed by atoms with Crippen molar-refractivity contribution < 1.29 is 33.5 Å². The predicted molar refractivity (Wildman–Crippen MR) is 186 cm³/mol. The summed E-state index contributed by atoms with van der Waals surface area (Å²) >= 11 is 0. The predicted octanol–water partition coefficient (Wildman–Crippen LogP) is 2.31. The highest BCUT2D eigenvalue weighted by atomic mass is 16.5. The summed E-state index contributed by atoms with van der Waals surface area (Å²) < 4.78 is 5.36. The van der Waals surface area contributed by atoms with Crippen molar-refractivity contribution in [2.24, 2.45) is 34.5 Å². The number of alkyl carbamates (subject to hydrolysis) is 1. The normalized spacial score (nSPS) is 23.7. The lowest BCUT2D eigenvalue weighted by molar-refractivity contribution is -0.144. The summed E-state index contributed by atoms with van der Waals surface area (Å²) in [5.41, 5.74) is 1.54. The van der Waals surface area contributed by atoms with Crippen molar-refractivity contribution in [3.05, 3.63) is 35.4 Å². The molecule has 0 aromatic heterocycles. The Bertz CT molecular complexity index is 1480. The molecule has 1 saturated heterocycles. The van der Waals surface area contributed by atoms with Gasteiger partial charge in [-0.25, -0.2) is 9.59 Å². The van der Waals surface area contributed by atoms with Crippen LogP contribution in [-0.4, -0.2) is 91.4 Å². The van der Waals surface area contributed by atoms with Crippen molar-refractivity contribution >= 4 is 35.6 Å². The number of hydrogen-bond acceptors (Lipinski definition) is 7. The number of nitrogens with one attached hydrogen (secondary N) is 5. The van der Waals surface area contributed by atoms with Crippen LogP contribution in [0, 0.1) is 34.5 Å². The molecule has 0 radical (unpaired) electrons. The summed E-state index contributed by atoms with van der Waals surface area (Å²) in [4.78, 5) is 81.6. The summed E-state index contributed by atoms with van der Waals surface area (Å²) in [6.07, 6.45) is 2.81. The second kappa shape index (κ2) is 14.6. The third-order valence-corrected chi connectivity index (χ3v) is 11.3. The molecule has 5 rings (SSSR count). The van der Waals surface area contributed by atoms with Gasteiger partial charge in [0.05, 0.1) is 12.1 Å². The summed E-state index contributed by atoms with van der Waals surface area (Å²) in [6, 6.07) is 4.02. The molecule has 6 amide bonds. The van der Waals surface area contributed by atoms with Crippen molar-refractivity contribution in [1.82, 2.24) is 31.5 Å². The summed E-state index contributed by atoms with van der Waals surface area (Å²) in [5.74, 6) is -2.33. The number of likely N-dealkylation sites (N-methyl/N-ethyl adjacent to an activating group) is 1.